The number of aromatic nitrogens is 2. The molecular formula is C27H40N6O3. The van der Waals surface area contributed by atoms with Gasteiger partial charge in [0.2, 0.25) is 11.9 Å². The van der Waals surface area contributed by atoms with E-state index in [-0.39, 0.29) is 5.91 Å². The number of carbonyl (C=O) groups excluding carboxylic acids is 1. The van der Waals surface area contributed by atoms with Gasteiger partial charge in [0.25, 0.3) is 0 Å². The minimum Gasteiger partial charge on any atom is -0.493 e. The summed E-state index contributed by atoms with van der Waals surface area (Å²) < 4.78 is 11.7. The molecule has 2 aliphatic heterocycles. The van der Waals surface area contributed by atoms with Crippen LogP contribution in [0.2, 0.25) is 0 Å². The molecule has 1 amide bonds. The minimum absolute atomic E-state index is 0.164. The summed E-state index contributed by atoms with van der Waals surface area (Å²) in [5, 5.41) is 6.72. The largest absolute Gasteiger partial charge is 0.493 e. The molecular weight excluding hydrogens is 456 g/mol. The fraction of sp³-hybridized carbons (Fsp3) is 0.593. The number of nitrogens with one attached hydrogen (secondary N) is 2. The van der Waals surface area contributed by atoms with Crippen molar-refractivity contribution in [1.29, 1.82) is 0 Å². The molecule has 196 valence electrons. The van der Waals surface area contributed by atoms with Gasteiger partial charge in [0.1, 0.15) is 5.82 Å². The summed E-state index contributed by atoms with van der Waals surface area (Å²) in [5.74, 6) is 3.85. The maximum atomic E-state index is 11.5. The molecule has 2 aromatic rings. The molecule has 1 aromatic heterocycles. The van der Waals surface area contributed by atoms with Crippen LogP contribution in [0.3, 0.4) is 0 Å². The molecule has 2 aliphatic rings. The normalized spacial score (nSPS) is 17.6. The van der Waals surface area contributed by atoms with Crippen LogP contribution >= 0.6 is 0 Å². The summed E-state index contributed by atoms with van der Waals surface area (Å²) in [6, 6.07) is 7.65. The van der Waals surface area contributed by atoms with Gasteiger partial charge in [-0.1, -0.05) is 6.92 Å². The second kappa shape index (κ2) is 12.8. The molecule has 4 rings (SSSR count). The standard InChI is InChI=1S/C27H40N6O3/c1-20(18-32-12-4-5-13-32)19-36-25-16-23(6-7-24(25)35-3)30-27-28-11-8-26(31-27)29-17-22-9-14-33(15-10-22)21(2)34/h6-8,11,16,20,22H,4-5,9-10,12-15,17-19H2,1-3H3,(H2,28,29,30,31). The first-order valence-corrected chi connectivity index (χ1v) is 13.1. The van der Waals surface area contributed by atoms with E-state index in [1.807, 2.05) is 29.2 Å². The van der Waals surface area contributed by atoms with E-state index in [1.165, 1.54) is 25.9 Å². The lowest BCUT2D eigenvalue weighted by Gasteiger charge is -2.31. The predicted molar refractivity (Wildman–Crippen MR) is 142 cm³/mol. The lowest BCUT2D eigenvalue weighted by Crippen LogP contribution is -2.38. The van der Waals surface area contributed by atoms with E-state index in [2.05, 4.69) is 32.4 Å². The highest BCUT2D eigenvalue weighted by atomic mass is 16.5. The summed E-state index contributed by atoms with van der Waals surface area (Å²) in [6.07, 6.45) is 6.36. The molecule has 2 fully saturated rings. The molecule has 1 unspecified atom stereocenters. The number of hydrogen-bond acceptors (Lipinski definition) is 8. The Balaban J connectivity index is 1.30. The Morgan fingerprint density at radius 1 is 1.14 bits per heavy atom. The van der Waals surface area contributed by atoms with E-state index in [0.29, 0.717) is 35.9 Å². The molecule has 0 spiro atoms. The van der Waals surface area contributed by atoms with Gasteiger partial charge in [-0.05, 0) is 62.9 Å². The SMILES string of the molecule is COc1ccc(Nc2nccc(NCC3CCN(C(C)=O)CC3)n2)cc1OCC(C)CN1CCCC1. The van der Waals surface area contributed by atoms with Gasteiger partial charge < -0.3 is 29.9 Å². The fourth-order valence-electron chi connectivity index (χ4n) is 4.91. The van der Waals surface area contributed by atoms with E-state index < -0.39 is 0 Å². The molecule has 1 atom stereocenters. The number of methoxy groups -OCH3 is 1. The lowest BCUT2D eigenvalue weighted by atomic mass is 9.97. The Morgan fingerprint density at radius 2 is 1.92 bits per heavy atom. The molecule has 36 heavy (non-hydrogen) atoms. The summed E-state index contributed by atoms with van der Waals surface area (Å²) in [5.41, 5.74) is 0.840. The smallest absolute Gasteiger partial charge is 0.229 e. The van der Waals surface area contributed by atoms with Crippen LogP contribution in [0.5, 0.6) is 11.5 Å². The van der Waals surface area contributed by atoms with Gasteiger partial charge in [0, 0.05) is 57.0 Å². The Labute approximate surface area is 214 Å². The number of carbonyl (C=O) groups is 1. The van der Waals surface area contributed by atoms with Crippen LogP contribution in [0.4, 0.5) is 17.5 Å². The van der Waals surface area contributed by atoms with Crippen molar-refractivity contribution in [2.24, 2.45) is 11.8 Å². The first kappa shape index (κ1) is 26.0. The van der Waals surface area contributed by atoms with Gasteiger partial charge in [0.15, 0.2) is 11.5 Å². The van der Waals surface area contributed by atoms with Gasteiger partial charge in [-0.15, -0.1) is 0 Å². The molecule has 0 saturated carbocycles. The molecule has 0 radical (unpaired) electrons. The lowest BCUT2D eigenvalue weighted by molar-refractivity contribution is -0.130. The predicted octanol–water partition coefficient (Wildman–Crippen LogP) is 4.01. The van der Waals surface area contributed by atoms with E-state index in [9.17, 15) is 4.79 Å². The first-order valence-electron chi connectivity index (χ1n) is 13.1. The van der Waals surface area contributed by atoms with Crippen LogP contribution in [0.25, 0.3) is 0 Å². The number of nitrogens with zero attached hydrogens (tertiary/aromatic N) is 4. The number of anilines is 3. The number of likely N-dealkylation sites (tertiary alicyclic amines) is 2. The Hall–Kier alpha value is -3.07. The topological polar surface area (TPSA) is 91.9 Å². The van der Waals surface area contributed by atoms with Crippen molar-refractivity contribution in [3.8, 4) is 11.5 Å². The Bertz CT molecular complexity index is 989. The zero-order chi connectivity index (χ0) is 25.3. The van der Waals surface area contributed by atoms with E-state index in [1.54, 1.807) is 20.2 Å². The van der Waals surface area contributed by atoms with Crippen molar-refractivity contribution in [1.82, 2.24) is 19.8 Å². The van der Waals surface area contributed by atoms with Crippen LogP contribution in [-0.4, -0.2) is 78.7 Å². The van der Waals surface area contributed by atoms with Crippen LogP contribution < -0.4 is 20.1 Å². The summed E-state index contributed by atoms with van der Waals surface area (Å²) in [6.45, 7) is 10.4. The number of amides is 1. The van der Waals surface area contributed by atoms with E-state index >= 15 is 0 Å². The number of benzene rings is 1. The average Bonchev–Trinajstić information content (AvgIpc) is 3.40. The molecule has 2 N–H and O–H groups in total. The highest BCUT2D eigenvalue weighted by Crippen LogP contribution is 2.31. The first-order chi connectivity index (χ1) is 17.5. The average molecular weight is 497 g/mol. The molecule has 1 aromatic carbocycles. The molecule has 2 saturated heterocycles. The van der Waals surface area contributed by atoms with Crippen molar-refractivity contribution < 1.29 is 14.3 Å². The Kier molecular flexibility index (Phi) is 9.22. The van der Waals surface area contributed by atoms with Crippen LogP contribution in [-0.2, 0) is 4.79 Å². The number of rotatable bonds is 11. The zero-order valence-electron chi connectivity index (χ0n) is 21.8. The third-order valence-electron chi connectivity index (χ3n) is 7.00. The van der Waals surface area contributed by atoms with Crippen molar-refractivity contribution in [2.75, 3.05) is 63.6 Å². The molecule has 3 heterocycles. The van der Waals surface area contributed by atoms with Crippen molar-refractivity contribution in [3.63, 3.8) is 0 Å². The number of hydrogen-bond donors (Lipinski definition) is 2. The number of piperidine rings is 1. The molecule has 9 nitrogen and oxygen atoms in total. The minimum atomic E-state index is 0.164. The second-order valence-electron chi connectivity index (χ2n) is 10.0. The van der Waals surface area contributed by atoms with Gasteiger partial charge >= 0.3 is 0 Å². The monoisotopic (exact) mass is 496 g/mol. The van der Waals surface area contributed by atoms with E-state index in [4.69, 9.17) is 9.47 Å². The van der Waals surface area contributed by atoms with E-state index in [0.717, 1.165) is 50.5 Å². The van der Waals surface area contributed by atoms with Crippen molar-refractivity contribution in [2.45, 2.75) is 39.5 Å². The zero-order valence-corrected chi connectivity index (χ0v) is 21.8. The van der Waals surface area contributed by atoms with Gasteiger partial charge in [-0.2, -0.15) is 4.98 Å². The van der Waals surface area contributed by atoms with Crippen molar-refractivity contribution >= 4 is 23.4 Å². The van der Waals surface area contributed by atoms with Crippen molar-refractivity contribution in [3.05, 3.63) is 30.5 Å². The van der Waals surface area contributed by atoms with Gasteiger partial charge in [-0.3, -0.25) is 4.79 Å². The maximum Gasteiger partial charge on any atom is 0.229 e. The highest BCUT2D eigenvalue weighted by Gasteiger charge is 2.20. The quantitative estimate of drug-likeness (QED) is 0.482. The third kappa shape index (κ3) is 7.46. The Morgan fingerprint density at radius 3 is 2.64 bits per heavy atom. The molecule has 9 heteroatoms. The molecule has 0 aliphatic carbocycles. The van der Waals surface area contributed by atoms with Crippen LogP contribution in [0, 0.1) is 11.8 Å². The number of ether oxygens (including phenoxy) is 2. The summed E-state index contributed by atoms with van der Waals surface area (Å²) in [7, 11) is 1.66. The van der Waals surface area contributed by atoms with Gasteiger partial charge in [-0.25, -0.2) is 4.98 Å². The van der Waals surface area contributed by atoms with Crippen LogP contribution in [0.15, 0.2) is 30.5 Å². The second-order valence-corrected chi connectivity index (χ2v) is 10.0. The third-order valence-corrected chi connectivity index (χ3v) is 7.00. The highest BCUT2D eigenvalue weighted by molar-refractivity contribution is 5.73. The maximum absolute atomic E-state index is 11.5. The fourth-order valence-corrected chi connectivity index (χ4v) is 4.91. The van der Waals surface area contributed by atoms with Gasteiger partial charge in [0.05, 0.1) is 13.7 Å². The summed E-state index contributed by atoms with van der Waals surface area (Å²) >= 11 is 0. The van der Waals surface area contributed by atoms with Crippen LogP contribution in [0.1, 0.15) is 39.5 Å². The molecule has 0 bridgehead atoms. The summed E-state index contributed by atoms with van der Waals surface area (Å²) in [4.78, 5) is 25.0.